The Balaban J connectivity index is 1.60. The first kappa shape index (κ1) is 16.4. The van der Waals surface area contributed by atoms with Gasteiger partial charge in [-0.3, -0.25) is 9.89 Å². The SMILES string of the molecule is Cc1[nH]ncc1C1CCN(C(=O)c2ccc(OC(F)F)nc2)CC1. The number of aryl methyl sites for hydroxylation is 1. The molecule has 1 aliphatic heterocycles. The predicted molar refractivity (Wildman–Crippen MR) is 82.1 cm³/mol. The van der Waals surface area contributed by atoms with E-state index in [0.29, 0.717) is 24.6 Å². The van der Waals surface area contributed by atoms with Crippen LogP contribution in [-0.2, 0) is 0 Å². The smallest absolute Gasteiger partial charge is 0.388 e. The molecule has 24 heavy (non-hydrogen) atoms. The fraction of sp³-hybridized carbons (Fsp3) is 0.438. The third-order valence-corrected chi connectivity index (χ3v) is 4.28. The number of amides is 1. The van der Waals surface area contributed by atoms with Crippen molar-refractivity contribution in [1.82, 2.24) is 20.1 Å². The molecule has 1 N–H and O–H groups in total. The molecule has 1 aliphatic rings. The number of carbonyl (C=O) groups is 1. The van der Waals surface area contributed by atoms with Gasteiger partial charge in [-0.05, 0) is 37.3 Å². The van der Waals surface area contributed by atoms with Gasteiger partial charge in [-0.15, -0.1) is 0 Å². The first-order valence-corrected chi connectivity index (χ1v) is 7.74. The molecule has 2 aromatic heterocycles. The van der Waals surface area contributed by atoms with Gasteiger partial charge in [0.2, 0.25) is 5.88 Å². The van der Waals surface area contributed by atoms with E-state index in [0.717, 1.165) is 18.5 Å². The molecule has 3 rings (SSSR count). The highest BCUT2D eigenvalue weighted by Crippen LogP contribution is 2.29. The number of halogens is 2. The number of aromatic nitrogens is 3. The van der Waals surface area contributed by atoms with Crippen molar-refractivity contribution in [2.24, 2.45) is 0 Å². The van der Waals surface area contributed by atoms with E-state index in [1.165, 1.54) is 23.9 Å². The molecule has 0 radical (unpaired) electrons. The number of pyridine rings is 1. The highest BCUT2D eigenvalue weighted by atomic mass is 19.3. The van der Waals surface area contributed by atoms with Crippen molar-refractivity contribution in [3.63, 3.8) is 0 Å². The summed E-state index contributed by atoms with van der Waals surface area (Å²) >= 11 is 0. The molecule has 2 aromatic rings. The van der Waals surface area contributed by atoms with Crippen LogP contribution in [0.2, 0.25) is 0 Å². The lowest BCUT2D eigenvalue weighted by molar-refractivity contribution is -0.0528. The molecule has 128 valence electrons. The Morgan fingerprint density at radius 3 is 2.62 bits per heavy atom. The molecule has 0 saturated carbocycles. The molecule has 6 nitrogen and oxygen atoms in total. The Labute approximate surface area is 137 Å². The van der Waals surface area contributed by atoms with Crippen molar-refractivity contribution in [1.29, 1.82) is 0 Å². The zero-order valence-electron chi connectivity index (χ0n) is 13.2. The molecule has 1 amide bonds. The minimum absolute atomic E-state index is 0.145. The average molecular weight is 336 g/mol. The van der Waals surface area contributed by atoms with Crippen molar-refractivity contribution < 1.29 is 18.3 Å². The highest BCUT2D eigenvalue weighted by Gasteiger charge is 2.26. The summed E-state index contributed by atoms with van der Waals surface area (Å²) in [5.74, 6) is 0.0527. The van der Waals surface area contributed by atoms with E-state index >= 15 is 0 Å². The van der Waals surface area contributed by atoms with Gasteiger partial charge >= 0.3 is 6.61 Å². The summed E-state index contributed by atoms with van der Waals surface area (Å²) < 4.78 is 28.4. The van der Waals surface area contributed by atoms with Crippen LogP contribution in [0.3, 0.4) is 0 Å². The summed E-state index contributed by atoms with van der Waals surface area (Å²) in [6, 6.07) is 2.74. The van der Waals surface area contributed by atoms with Gasteiger partial charge in [0.15, 0.2) is 0 Å². The van der Waals surface area contributed by atoms with Gasteiger partial charge in [0, 0.05) is 31.0 Å². The van der Waals surface area contributed by atoms with Crippen molar-refractivity contribution in [2.45, 2.75) is 32.3 Å². The number of nitrogens with zero attached hydrogens (tertiary/aromatic N) is 3. The van der Waals surface area contributed by atoms with Crippen LogP contribution in [-0.4, -0.2) is 45.7 Å². The minimum Gasteiger partial charge on any atom is -0.417 e. The van der Waals surface area contributed by atoms with Gasteiger partial charge in [-0.2, -0.15) is 13.9 Å². The van der Waals surface area contributed by atoms with Crippen LogP contribution in [0.25, 0.3) is 0 Å². The normalized spacial score (nSPS) is 15.8. The van der Waals surface area contributed by atoms with Gasteiger partial charge < -0.3 is 9.64 Å². The molecule has 1 saturated heterocycles. The first-order chi connectivity index (χ1) is 11.5. The second-order valence-electron chi connectivity index (χ2n) is 5.78. The number of aromatic amines is 1. The van der Waals surface area contributed by atoms with Crippen molar-refractivity contribution >= 4 is 5.91 Å². The largest absolute Gasteiger partial charge is 0.417 e. The van der Waals surface area contributed by atoms with Gasteiger partial charge in [0.25, 0.3) is 5.91 Å². The average Bonchev–Trinajstić information content (AvgIpc) is 3.00. The Bertz CT molecular complexity index is 694. The van der Waals surface area contributed by atoms with Crippen LogP contribution < -0.4 is 4.74 Å². The van der Waals surface area contributed by atoms with E-state index in [9.17, 15) is 13.6 Å². The Hall–Kier alpha value is -2.51. The van der Waals surface area contributed by atoms with E-state index in [1.54, 1.807) is 4.90 Å². The van der Waals surface area contributed by atoms with Crippen molar-refractivity contribution in [2.75, 3.05) is 13.1 Å². The fourth-order valence-electron chi connectivity index (χ4n) is 3.02. The highest BCUT2D eigenvalue weighted by molar-refractivity contribution is 5.94. The number of ether oxygens (including phenoxy) is 1. The zero-order chi connectivity index (χ0) is 17.1. The number of likely N-dealkylation sites (tertiary alicyclic amines) is 1. The molecule has 0 bridgehead atoms. The van der Waals surface area contributed by atoms with Crippen LogP contribution in [0, 0.1) is 6.92 Å². The second-order valence-corrected chi connectivity index (χ2v) is 5.78. The fourth-order valence-corrected chi connectivity index (χ4v) is 3.02. The number of carbonyl (C=O) groups excluding carboxylic acids is 1. The molecule has 0 aromatic carbocycles. The van der Waals surface area contributed by atoms with Crippen LogP contribution in [0.1, 0.15) is 40.4 Å². The standard InChI is InChI=1S/C16H18F2N4O2/c1-10-13(9-20-21-10)11-4-6-22(7-5-11)15(23)12-2-3-14(19-8-12)24-16(17)18/h2-3,8-9,11,16H,4-7H2,1H3,(H,20,21). The number of alkyl halides is 2. The summed E-state index contributed by atoms with van der Waals surface area (Å²) in [5, 5.41) is 6.99. The molecule has 0 unspecified atom stereocenters. The molecular formula is C16H18F2N4O2. The number of piperidine rings is 1. The molecular weight excluding hydrogens is 318 g/mol. The number of rotatable bonds is 4. The number of H-pyrrole nitrogens is 1. The molecule has 0 spiro atoms. The molecule has 1 fully saturated rings. The number of nitrogens with one attached hydrogen (secondary N) is 1. The topological polar surface area (TPSA) is 71.1 Å². The second kappa shape index (κ2) is 6.94. The van der Waals surface area contributed by atoms with E-state index in [-0.39, 0.29) is 11.8 Å². The maximum Gasteiger partial charge on any atom is 0.388 e. The Morgan fingerprint density at radius 1 is 1.33 bits per heavy atom. The van der Waals surface area contributed by atoms with Crippen LogP contribution in [0.15, 0.2) is 24.5 Å². The lowest BCUT2D eigenvalue weighted by atomic mass is 9.89. The Kier molecular flexibility index (Phi) is 4.73. The third kappa shape index (κ3) is 3.52. The zero-order valence-corrected chi connectivity index (χ0v) is 13.2. The summed E-state index contributed by atoms with van der Waals surface area (Å²) in [7, 11) is 0. The van der Waals surface area contributed by atoms with Gasteiger partial charge in [0.1, 0.15) is 0 Å². The molecule has 3 heterocycles. The summed E-state index contributed by atoms with van der Waals surface area (Å²) in [6.07, 6.45) is 4.85. The van der Waals surface area contributed by atoms with Gasteiger partial charge in [-0.25, -0.2) is 4.98 Å². The van der Waals surface area contributed by atoms with E-state index in [1.807, 2.05) is 13.1 Å². The summed E-state index contributed by atoms with van der Waals surface area (Å²) in [5.41, 5.74) is 2.64. The number of hydrogen-bond donors (Lipinski definition) is 1. The molecule has 8 heteroatoms. The van der Waals surface area contributed by atoms with Crippen LogP contribution >= 0.6 is 0 Å². The third-order valence-electron chi connectivity index (χ3n) is 4.28. The summed E-state index contributed by atoms with van der Waals surface area (Å²) in [4.78, 5) is 18.0. The van der Waals surface area contributed by atoms with E-state index in [4.69, 9.17) is 0 Å². The molecule has 0 aliphatic carbocycles. The van der Waals surface area contributed by atoms with Gasteiger partial charge in [-0.1, -0.05) is 0 Å². The summed E-state index contributed by atoms with van der Waals surface area (Å²) in [6.45, 7) is 0.353. The van der Waals surface area contributed by atoms with Crippen LogP contribution in [0.4, 0.5) is 8.78 Å². The lowest BCUT2D eigenvalue weighted by Crippen LogP contribution is -2.38. The van der Waals surface area contributed by atoms with Crippen molar-refractivity contribution in [3.8, 4) is 5.88 Å². The van der Waals surface area contributed by atoms with Crippen molar-refractivity contribution in [3.05, 3.63) is 41.3 Å². The minimum atomic E-state index is -2.93. The predicted octanol–water partition coefficient (Wildman–Crippen LogP) is 2.73. The van der Waals surface area contributed by atoms with Crippen LogP contribution in [0.5, 0.6) is 5.88 Å². The maximum absolute atomic E-state index is 12.5. The maximum atomic E-state index is 12.5. The van der Waals surface area contributed by atoms with E-state index < -0.39 is 6.61 Å². The number of hydrogen-bond acceptors (Lipinski definition) is 4. The van der Waals surface area contributed by atoms with E-state index in [2.05, 4.69) is 19.9 Å². The van der Waals surface area contributed by atoms with Gasteiger partial charge in [0.05, 0.1) is 11.8 Å². The molecule has 0 atom stereocenters. The first-order valence-electron chi connectivity index (χ1n) is 7.74. The Morgan fingerprint density at radius 2 is 2.08 bits per heavy atom. The quantitative estimate of drug-likeness (QED) is 0.932. The lowest BCUT2D eigenvalue weighted by Gasteiger charge is -2.32. The monoisotopic (exact) mass is 336 g/mol.